The molecule has 1 aliphatic heterocycles. The molecule has 5 nitrogen and oxygen atoms in total. The fourth-order valence-corrected chi connectivity index (χ4v) is 4.88. The number of anilines is 1. The van der Waals surface area contributed by atoms with E-state index in [4.69, 9.17) is 11.6 Å². The van der Waals surface area contributed by atoms with Crippen molar-refractivity contribution >= 4 is 39.3 Å². The van der Waals surface area contributed by atoms with Gasteiger partial charge in [0.1, 0.15) is 0 Å². The zero-order valence-electron chi connectivity index (χ0n) is 14.9. The number of hydrogen-bond donors (Lipinski definition) is 1. The zero-order chi connectivity index (χ0) is 19.4. The fourth-order valence-electron chi connectivity index (χ4n) is 3.02. The van der Waals surface area contributed by atoms with E-state index in [-0.39, 0.29) is 17.7 Å². The van der Waals surface area contributed by atoms with Gasteiger partial charge in [-0.2, -0.15) is 0 Å². The van der Waals surface area contributed by atoms with Crippen molar-refractivity contribution in [2.24, 2.45) is 0 Å². The first-order chi connectivity index (χ1) is 12.9. The Labute approximate surface area is 164 Å². The Morgan fingerprint density at radius 2 is 1.89 bits per heavy atom. The van der Waals surface area contributed by atoms with E-state index in [2.05, 4.69) is 5.32 Å². The van der Waals surface area contributed by atoms with Gasteiger partial charge in [0.25, 0.3) is 0 Å². The summed E-state index contributed by atoms with van der Waals surface area (Å²) < 4.78 is 25.3. The summed E-state index contributed by atoms with van der Waals surface area (Å²) >= 11 is 6.15. The minimum absolute atomic E-state index is 0.193. The lowest BCUT2D eigenvalue weighted by Gasteiger charge is -2.16. The third kappa shape index (κ3) is 4.70. The summed E-state index contributed by atoms with van der Waals surface area (Å²) in [5, 5.41) is 3.49. The summed E-state index contributed by atoms with van der Waals surface area (Å²) in [6, 6.07) is 14.3. The molecule has 1 aliphatic rings. The van der Waals surface area contributed by atoms with Crippen LogP contribution in [0.1, 0.15) is 30.5 Å². The minimum atomic E-state index is -3.18. The quantitative estimate of drug-likeness (QED) is 0.771. The number of carbonyl (C=O) groups excluding carboxylic acids is 1. The third-order valence-electron chi connectivity index (χ3n) is 4.44. The molecule has 2 aromatic rings. The molecule has 1 N–H and O–H groups in total. The van der Waals surface area contributed by atoms with E-state index in [1.165, 1.54) is 10.4 Å². The fraction of sp³-hybridized carbons (Fsp3) is 0.250. The Balaban J connectivity index is 1.62. The molecule has 0 saturated carbocycles. The maximum Gasteiger partial charge on any atom is 0.244 e. The number of rotatable bonds is 5. The summed E-state index contributed by atoms with van der Waals surface area (Å²) in [4.78, 5) is 12.1. The molecular formula is C20H21ClN2O3S. The molecule has 1 atom stereocenters. The number of amides is 1. The molecule has 7 heteroatoms. The summed E-state index contributed by atoms with van der Waals surface area (Å²) in [6.45, 7) is 2.39. The van der Waals surface area contributed by atoms with Crippen LogP contribution in [-0.2, 0) is 14.8 Å². The largest absolute Gasteiger partial charge is 0.346 e. The summed E-state index contributed by atoms with van der Waals surface area (Å²) in [5.74, 6) is -0.0352. The SMILES string of the molecule is CC(NC(=O)/C=C/c1ccc(N2CCCS2(=O)=O)cc1)c1ccccc1Cl. The van der Waals surface area contributed by atoms with Gasteiger partial charge < -0.3 is 5.32 Å². The van der Waals surface area contributed by atoms with Crippen molar-refractivity contribution < 1.29 is 13.2 Å². The molecule has 0 radical (unpaired) electrons. The normalized spacial score (nSPS) is 17.2. The standard InChI is InChI=1S/C20H21ClN2O3S/c1-15(18-5-2-3-6-19(18)21)22-20(24)12-9-16-7-10-17(11-8-16)23-13-4-14-27(23,25)26/h2-3,5-12,15H,4,13-14H2,1H3,(H,22,24)/b12-9+. The highest BCUT2D eigenvalue weighted by Crippen LogP contribution is 2.24. The van der Waals surface area contributed by atoms with Crippen LogP contribution in [0.4, 0.5) is 5.69 Å². The van der Waals surface area contributed by atoms with E-state index < -0.39 is 10.0 Å². The Bertz CT molecular complexity index is 955. The topological polar surface area (TPSA) is 66.5 Å². The number of hydrogen-bond acceptors (Lipinski definition) is 3. The highest BCUT2D eigenvalue weighted by molar-refractivity contribution is 7.93. The first-order valence-corrected chi connectivity index (χ1v) is 10.7. The summed E-state index contributed by atoms with van der Waals surface area (Å²) in [7, 11) is -3.18. The smallest absolute Gasteiger partial charge is 0.244 e. The van der Waals surface area contributed by atoms with Crippen molar-refractivity contribution in [1.29, 1.82) is 0 Å². The lowest BCUT2D eigenvalue weighted by molar-refractivity contribution is -0.117. The predicted octanol–water partition coefficient (Wildman–Crippen LogP) is 3.77. The van der Waals surface area contributed by atoms with Gasteiger partial charge in [-0.3, -0.25) is 9.10 Å². The number of carbonyl (C=O) groups is 1. The van der Waals surface area contributed by atoms with Gasteiger partial charge in [0.2, 0.25) is 15.9 Å². The van der Waals surface area contributed by atoms with Crippen molar-refractivity contribution in [3.05, 3.63) is 70.8 Å². The molecular weight excluding hydrogens is 384 g/mol. The average Bonchev–Trinajstić information content (AvgIpc) is 3.00. The van der Waals surface area contributed by atoms with Crippen LogP contribution < -0.4 is 9.62 Å². The van der Waals surface area contributed by atoms with Gasteiger partial charge in [-0.1, -0.05) is 41.9 Å². The Morgan fingerprint density at radius 1 is 1.19 bits per heavy atom. The van der Waals surface area contributed by atoms with Gasteiger partial charge in [-0.25, -0.2) is 8.42 Å². The lowest BCUT2D eigenvalue weighted by atomic mass is 10.1. The van der Waals surface area contributed by atoms with E-state index in [9.17, 15) is 13.2 Å². The van der Waals surface area contributed by atoms with Crippen molar-refractivity contribution in [1.82, 2.24) is 5.32 Å². The molecule has 0 aromatic heterocycles. The van der Waals surface area contributed by atoms with Crippen molar-refractivity contribution in [2.75, 3.05) is 16.6 Å². The van der Waals surface area contributed by atoms with E-state index in [0.717, 1.165) is 11.1 Å². The van der Waals surface area contributed by atoms with Gasteiger partial charge in [-0.15, -0.1) is 0 Å². The van der Waals surface area contributed by atoms with Gasteiger partial charge in [-0.05, 0) is 48.7 Å². The molecule has 1 amide bonds. The first kappa shape index (κ1) is 19.5. The maximum atomic E-state index is 12.1. The minimum Gasteiger partial charge on any atom is -0.346 e. The second-order valence-electron chi connectivity index (χ2n) is 6.42. The van der Waals surface area contributed by atoms with Crippen LogP contribution in [0.2, 0.25) is 5.02 Å². The van der Waals surface area contributed by atoms with Crippen LogP contribution >= 0.6 is 11.6 Å². The molecule has 1 saturated heterocycles. The molecule has 142 valence electrons. The van der Waals surface area contributed by atoms with E-state index >= 15 is 0 Å². The monoisotopic (exact) mass is 404 g/mol. The zero-order valence-corrected chi connectivity index (χ0v) is 16.5. The maximum absolute atomic E-state index is 12.1. The second-order valence-corrected chi connectivity index (χ2v) is 8.84. The summed E-state index contributed by atoms with van der Waals surface area (Å²) in [5.41, 5.74) is 2.33. The van der Waals surface area contributed by atoms with Crippen LogP contribution in [0.25, 0.3) is 6.08 Å². The lowest BCUT2D eigenvalue weighted by Crippen LogP contribution is -2.25. The number of halogens is 1. The van der Waals surface area contributed by atoms with Crippen molar-refractivity contribution in [3.63, 3.8) is 0 Å². The second kappa shape index (κ2) is 8.15. The van der Waals surface area contributed by atoms with Crippen LogP contribution in [0, 0.1) is 0 Å². The Hall–Kier alpha value is -2.31. The van der Waals surface area contributed by atoms with E-state index in [1.807, 2.05) is 25.1 Å². The van der Waals surface area contributed by atoms with Crippen molar-refractivity contribution in [3.8, 4) is 0 Å². The number of benzene rings is 2. The van der Waals surface area contributed by atoms with Crippen LogP contribution in [-0.4, -0.2) is 26.6 Å². The average molecular weight is 405 g/mol. The Morgan fingerprint density at radius 3 is 2.52 bits per heavy atom. The summed E-state index contributed by atoms with van der Waals surface area (Å²) in [6.07, 6.45) is 3.79. The van der Waals surface area contributed by atoms with Crippen LogP contribution in [0.15, 0.2) is 54.6 Å². The van der Waals surface area contributed by atoms with Gasteiger partial charge in [0, 0.05) is 17.6 Å². The van der Waals surface area contributed by atoms with Crippen LogP contribution in [0.3, 0.4) is 0 Å². The van der Waals surface area contributed by atoms with Crippen molar-refractivity contribution in [2.45, 2.75) is 19.4 Å². The molecule has 0 spiro atoms. The number of nitrogens with one attached hydrogen (secondary N) is 1. The molecule has 27 heavy (non-hydrogen) atoms. The van der Waals surface area contributed by atoms with Gasteiger partial charge >= 0.3 is 0 Å². The molecule has 1 heterocycles. The van der Waals surface area contributed by atoms with Crippen LogP contribution in [0.5, 0.6) is 0 Å². The van der Waals surface area contributed by atoms with Gasteiger partial charge in [0.15, 0.2) is 0 Å². The highest BCUT2D eigenvalue weighted by Gasteiger charge is 2.28. The van der Waals surface area contributed by atoms with Gasteiger partial charge in [0.05, 0.1) is 17.5 Å². The molecule has 0 aliphatic carbocycles. The Kier molecular flexibility index (Phi) is 5.87. The molecule has 1 unspecified atom stereocenters. The molecule has 2 aromatic carbocycles. The number of nitrogens with zero attached hydrogens (tertiary/aromatic N) is 1. The molecule has 0 bridgehead atoms. The molecule has 1 fully saturated rings. The van der Waals surface area contributed by atoms with E-state index in [0.29, 0.717) is 23.7 Å². The highest BCUT2D eigenvalue weighted by atomic mass is 35.5. The molecule has 3 rings (SSSR count). The third-order valence-corrected chi connectivity index (χ3v) is 6.65. The van der Waals surface area contributed by atoms with E-state index in [1.54, 1.807) is 36.4 Å². The predicted molar refractivity (Wildman–Crippen MR) is 109 cm³/mol. The first-order valence-electron chi connectivity index (χ1n) is 8.70. The number of sulfonamides is 1.